The van der Waals surface area contributed by atoms with Gasteiger partial charge in [0, 0.05) is 30.1 Å². The molecule has 1 saturated carbocycles. The number of benzene rings is 2. The maximum absolute atomic E-state index is 13.7. The van der Waals surface area contributed by atoms with Gasteiger partial charge in [0.15, 0.2) is 11.6 Å². The molecule has 2 aliphatic carbocycles. The molecule has 6 rings (SSSR count). The summed E-state index contributed by atoms with van der Waals surface area (Å²) in [4.78, 5) is 58.6. The van der Waals surface area contributed by atoms with Crippen LogP contribution in [0.3, 0.4) is 0 Å². The second kappa shape index (κ2) is 18.5. The van der Waals surface area contributed by atoms with Gasteiger partial charge < -0.3 is 19.7 Å². The van der Waals surface area contributed by atoms with Crippen molar-refractivity contribution in [3.63, 3.8) is 0 Å². The number of nitrogens with zero attached hydrogens (tertiary/aromatic N) is 5. The first-order valence-electron chi connectivity index (χ1n) is 19.8. The molecule has 0 radical (unpaired) electrons. The van der Waals surface area contributed by atoms with E-state index in [9.17, 15) is 14.4 Å². The number of hydrogen-bond acceptors (Lipinski definition) is 9. The molecule has 0 aliphatic heterocycles. The van der Waals surface area contributed by atoms with Gasteiger partial charge in [-0.3, -0.25) is 14.4 Å². The average Bonchev–Trinajstić information content (AvgIpc) is 3.20. The summed E-state index contributed by atoms with van der Waals surface area (Å²) in [5, 5.41) is 2.71. The molecule has 56 heavy (non-hydrogen) atoms. The van der Waals surface area contributed by atoms with Gasteiger partial charge in [-0.2, -0.15) is 0 Å². The Bertz CT molecular complexity index is 1960. The molecule has 2 aromatic carbocycles. The first-order valence-corrected chi connectivity index (χ1v) is 19.8. The van der Waals surface area contributed by atoms with Gasteiger partial charge in [0.1, 0.15) is 23.6 Å². The quantitative estimate of drug-likeness (QED) is 0.133. The van der Waals surface area contributed by atoms with E-state index in [0.29, 0.717) is 11.6 Å². The van der Waals surface area contributed by atoms with Crippen molar-refractivity contribution in [2.75, 3.05) is 19.0 Å². The minimum Gasteiger partial charge on any atom is -0.497 e. The van der Waals surface area contributed by atoms with Gasteiger partial charge in [0.25, 0.3) is 5.91 Å². The molecule has 1 unspecified atom stereocenters. The summed E-state index contributed by atoms with van der Waals surface area (Å²) >= 11 is 0. The molecule has 11 heteroatoms. The van der Waals surface area contributed by atoms with E-state index in [1.807, 2.05) is 48.8 Å². The number of allylic oxidation sites excluding steroid dienone is 2. The van der Waals surface area contributed by atoms with E-state index in [2.05, 4.69) is 28.3 Å². The van der Waals surface area contributed by atoms with Crippen molar-refractivity contribution in [2.24, 2.45) is 17.8 Å². The third kappa shape index (κ3) is 11.1. The Morgan fingerprint density at radius 2 is 1.50 bits per heavy atom. The smallest absolute Gasteiger partial charge is 0.326 e. The van der Waals surface area contributed by atoms with E-state index < -0.39 is 17.5 Å². The van der Waals surface area contributed by atoms with Crippen molar-refractivity contribution < 1.29 is 23.9 Å². The molecule has 1 N–H and O–H groups in total. The lowest BCUT2D eigenvalue weighted by Crippen LogP contribution is -2.38. The number of aromatic nitrogens is 4. The fraction of sp³-hybridized carbons (Fsp3) is 0.444. The normalized spacial score (nSPS) is 18.4. The highest BCUT2D eigenvalue weighted by molar-refractivity contribution is 5.95. The summed E-state index contributed by atoms with van der Waals surface area (Å²) in [6.07, 6.45) is 19.4. The minimum absolute atomic E-state index is 0.0227. The van der Waals surface area contributed by atoms with Gasteiger partial charge in [-0.05, 0) is 99.5 Å². The van der Waals surface area contributed by atoms with Crippen molar-refractivity contribution in [3.8, 4) is 17.1 Å². The summed E-state index contributed by atoms with van der Waals surface area (Å²) < 4.78 is 10.7. The number of nitrogens with one attached hydrogen (secondary N) is 1. The van der Waals surface area contributed by atoms with Crippen LogP contribution in [-0.2, 0) is 27.3 Å². The molecule has 11 nitrogen and oxygen atoms in total. The van der Waals surface area contributed by atoms with Crippen LogP contribution >= 0.6 is 0 Å². The third-order valence-corrected chi connectivity index (χ3v) is 10.9. The first kappa shape index (κ1) is 40.2. The van der Waals surface area contributed by atoms with Gasteiger partial charge in [0.05, 0.1) is 25.9 Å². The van der Waals surface area contributed by atoms with E-state index in [1.54, 1.807) is 40.0 Å². The fourth-order valence-corrected chi connectivity index (χ4v) is 7.75. The van der Waals surface area contributed by atoms with Crippen LogP contribution < -0.4 is 10.1 Å². The van der Waals surface area contributed by atoms with E-state index in [0.717, 1.165) is 52.8 Å². The van der Waals surface area contributed by atoms with E-state index >= 15 is 0 Å². The zero-order chi connectivity index (χ0) is 39.7. The van der Waals surface area contributed by atoms with E-state index in [-0.39, 0.29) is 36.9 Å². The van der Waals surface area contributed by atoms with Crippen LogP contribution in [-0.4, -0.2) is 61.9 Å². The van der Waals surface area contributed by atoms with Crippen LogP contribution in [0.2, 0.25) is 0 Å². The standard InChI is InChI=1S/C45H54N6O5/c1-6-30-7-13-33(14-8-30)34-17-19-35(20-18-34)37-24-48-43(49-25-37)36-15-9-32(10-16-36)28-51(29-42(53)56-45(2,3)4)44(54)39-26-47-40(27-46-39)50-41(52)23-31-11-21-38(55-5)22-12-31/h9-12,15-16,19,21-22,24-27,30,33-34H,6-8,13-14,17-18,20,23,28-29H2,1-5H3,(H,47,50,52)/t30-,33-,34?. The molecule has 1 fully saturated rings. The van der Waals surface area contributed by atoms with Gasteiger partial charge in [-0.1, -0.05) is 68.7 Å². The van der Waals surface area contributed by atoms with E-state index in [4.69, 9.17) is 19.4 Å². The minimum atomic E-state index is -0.724. The SMILES string of the molecule is CC[C@H]1CC[C@H](C2CC=C(c3cnc(-c4ccc(CN(CC(=O)OC(C)(C)C)C(=O)c5cnc(NC(=O)Cc6ccc(OC)cc6)cn5)cc4)nc3)CC2)CC1. The lowest BCUT2D eigenvalue weighted by Gasteiger charge is -2.35. The number of methoxy groups -OCH3 is 1. The number of anilines is 1. The second-order valence-corrected chi connectivity index (χ2v) is 16.1. The molecular formula is C45H54N6O5. The highest BCUT2D eigenvalue weighted by Crippen LogP contribution is 2.41. The number of ether oxygens (including phenoxy) is 2. The number of esters is 1. The predicted molar refractivity (Wildman–Crippen MR) is 216 cm³/mol. The zero-order valence-electron chi connectivity index (χ0n) is 33.3. The largest absolute Gasteiger partial charge is 0.497 e. The lowest BCUT2D eigenvalue weighted by molar-refractivity contribution is -0.155. The molecule has 0 bridgehead atoms. The maximum Gasteiger partial charge on any atom is 0.326 e. The van der Waals surface area contributed by atoms with Gasteiger partial charge >= 0.3 is 5.97 Å². The molecule has 4 aromatic rings. The summed E-state index contributed by atoms with van der Waals surface area (Å²) in [5.74, 6) is 2.80. The van der Waals surface area contributed by atoms with Crippen LogP contribution in [0.15, 0.2) is 79.4 Å². The zero-order valence-corrected chi connectivity index (χ0v) is 33.3. The highest BCUT2D eigenvalue weighted by atomic mass is 16.6. The van der Waals surface area contributed by atoms with E-state index in [1.165, 1.54) is 61.4 Å². The Kier molecular flexibility index (Phi) is 13.3. The monoisotopic (exact) mass is 758 g/mol. The average molecular weight is 759 g/mol. The van der Waals surface area contributed by atoms with Crippen LogP contribution in [0, 0.1) is 17.8 Å². The van der Waals surface area contributed by atoms with Crippen LogP contribution in [0.4, 0.5) is 5.82 Å². The van der Waals surface area contributed by atoms with Crippen LogP contribution in [0.1, 0.15) is 106 Å². The molecule has 0 spiro atoms. The van der Waals surface area contributed by atoms with Crippen molar-refractivity contribution in [1.82, 2.24) is 24.8 Å². The Balaban J connectivity index is 1.07. The fourth-order valence-electron chi connectivity index (χ4n) is 7.75. The molecular weight excluding hydrogens is 705 g/mol. The Hall–Kier alpha value is -5.45. The van der Waals surface area contributed by atoms with Crippen molar-refractivity contribution in [1.29, 1.82) is 0 Å². The molecule has 2 amide bonds. The van der Waals surface area contributed by atoms with Crippen LogP contribution in [0.25, 0.3) is 17.0 Å². The molecule has 2 aromatic heterocycles. The highest BCUT2D eigenvalue weighted by Gasteiger charge is 2.29. The first-order chi connectivity index (χ1) is 27.0. The van der Waals surface area contributed by atoms with Crippen molar-refractivity contribution in [3.05, 3.63) is 102 Å². The number of rotatable bonds is 13. The second-order valence-electron chi connectivity index (χ2n) is 16.1. The maximum atomic E-state index is 13.7. The Labute approximate surface area is 330 Å². The topological polar surface area (TPSA) is 136 Å². The van der Waals surface area contributed by atoms with Crippen molar-refractivity contribution >= 4 is 29.2 Å². The van der Waals surface area contributed by atoms with Crippen molar-refractivity contribution in [2.45, 2.75) is 97.6 Å². The molecule has 0 saturated heterocycles. The molecule has 294 valence electrons. The Morgan fingerprint density at radius 3 is 2.09 bits per heavy atom. The summed E-state index contributed by atoms with van der Waals surface area (Å²) in [6, 6.07) is 14.8. The summed E-state index contributed by atoms with van der Waals surface area (Å²) in [6.45, 7) is 7.49. The number of amides is 2. The van der Waals surface area contributed by atoms with Gasteiger partial charge in [-0.25, -0.2) is 19.9 Å². The predicted octanol–water partition coefficient (Wildman–Crippen LogP) is 8.51. The van der Waals surface area contributed by atoms with Gasteiger partial charge in [0.2, 0.25) is 5.91 Å². The number of carbonyl (C=O) groups excluding carboxylic acids is 3. The number of hydrogen-bond donors (Lipinski definition) is 1. The molecule has 2 heterocycles. The number of carbonyl (C=O) groups is 3. The molecule has 1 atom stereocenters. The summed E-state index contributed by atoms with van der Waals surface area (Å²) in [7, 11) is 1.58. The third-order valence-electron chi connectivity index (χ3n) is 10.9. The lowest BCUT2D eigenvalue weighted by atomic mass is 9.71. The summed E-state index contributed by atoms with van der Waals surface area (Å²) in [5.41, 5.74) is 4.17. The Morgan fingerprint density at radius 1 is 0.804 bits per heavy atom. The van der Waals surface area contributed by atoms with Crippen LogP contribution in [0.5, 0.6) is 5.75 Å². The molecule has 2 aliphatic rings. The van der Waals surface area contributed by atoms with Gasteiger partial charge in [-0.15, -0.1) is 0 Å².